The maximum absolute atomic E-state index is 12.2. The van der Waals surface area contributed by atoms with E-state index in [0.717, 1.165) is 138 Å². The number of hydrogen-bond acceptors (Lipinski definition) is 13. The molecule has 1 aliphatic rings. The summed E-state index contributed by atoms with van der Waals surface area (Å²) in [5.41, 5.74) is 15.1. The van der Waals surface area contributed by atoms with Crippen molar-refractivity contribution in [2.24, 2.45) is 0 Å². The van der Waals surface area contributed by atoms with Crippen LogP contribution in [0.2, 0.25) is 20.1 Å². The average Bonchev–Trinajstić information content (AvgIpc) is 0.778. The molecule has 0 bridgehead atoms. The number of hydrogen-bond donors (Lipinski definition) is 6. The third kappa shape index (κ3) is 23.7. The van der Waals surface area contributed by atoms with Gasteiger partial charge in [0.1, 0.15) is 0 Å². The lowest BCUT2D eigenvalue weighted by Crippen LogP contribution is -2.27. The highest BCUT2D eigenvalue weighted by Gasteiger charge is 2.25. The van der Waals surface area contributed by atoms with E-state index >= 15 is 0 Å². The summed E-state index contributed by atoms with van der Waals surface area (Å²) in [6.45, 7) is 10.0. The van der Waals surface area contributed by atoms with Gasteiger partial charge in [-0.05, 0) is 197 Å². The highest BCUT2D eigenvalue weighted by Crippen LogP contribution is 2.36. The van der Waals surface area contributed by atoms with Crippen molar-refractivity contribution in [1.82, 2.24) is 39.5 Å². The second-order valence-electron chi connectivity index (χ2n) is 26.0. The number of aryl methyl sites for hydroxylation is 4. The average molecular weight is 1570 g/mol. The molecule has 0 amide bonds. The normalized spacial score (nSPS) is 12.7. The van der Waals surface area contributed by atoms with Gasteiger partial charge >= 0.3 is 0 Å². The molecule has 1 aliphatic heterocycles. The van der Waals surface area contributed by atoms with Gasteiger partial charge in [0.15, 0.2) is 0 Å². The van der Waals surface area contributed by atoms with Crippen molar-refractivity contribution in [2.45, 2.75) is 122 Å². The smallest absolute Gasteiger partial charge is 0.274 e. The second-order valence-corrected chi connectivity index (χ2v) is 28.7. The molecule has 550 valence electrons. The Hall–Kier alpha value is -10.1. The van der Waals surface area contributed by atoms with Gasteiger partial charge in [0.25, 0.3) is 16.7 Å². The topological polar surface area (TPSA) is 210 Å². The minimum Gasteiger partial charge on any atom is -0.481 e. The third-order valence-corrected chi connectivity index (χ3v) is 20.9. The van der Waals surface area contributed by atoms with Crippen LogP contribution in [-0.4, -0.2) is 46.6 Å². The molecule has 0 radical (unpaired) electrons. The van der Waals surface area contributed by atoms with Crippen molar-refractivity contribution in [3.63, 3.8) is 0 Å². The van der Waals surface area contributed by atoms with Crippen LogP contribution in [0.5, 0.6) is 5.88 Å². The molecule has 0 fully saturated rings. The van der Waals surface area contributed by atoms with Gasteiger partial charge in [-0.15, -0.1) is 0 Å². The monoisotopic (exact) mass is 1570 g/mol. The molecule has 0 saturated heterocycles. The summed E-state index contributed by atoms with van der Waals surface area (Å²) < 4.78 is 7.53. The Balaban J connectivity index is 0.000000152. The zero-order valence-corrected chi connectivity index (χ0v) is 65.3. The summed E-state index contributed by atoms with van der Waals surface area (Å²) in [6, 6.07) is 70.9. The third-order valence-electron chi connectivity index (χ3n) is 18.2. The molecule has 0 aliphatic carbocycles. The minimum absolute atomic E-state index is 0.162. The molecule has 13 rings (SSSR count). The molecule has 16 nitrogen and oxygen atoms in total. The lowest BCUT2D eigenvalue weighted by Gasteiger charge is -2.31. The summed E-state index contributed by atoms with van der Waals surface area (Å²) in [7, 11) is 1.62. The maximum atomic E-state index is 12.2. The number of H-pyrrole nitrogens is 2. The number of methoxy groups -OCH3 is 1. The van der Waals surface area contributed by atoms with E-state index in [9.17, 15) is 14.4 Å². The number of anilines is 8. The van der Waals surface area contributed by atoms with Crippen molar-refractivity contribution in [2.75, 3.05) is 28.4 Å². The van der Waals surface area contributed by atoms with Gasteiger partial charge in [-0.1, -0.05) is 227 Å². The Morgan fingerprint density at radius 2 is 0.991 bits per heavy atom. The number of nitrogens with one attached hydrogen (secondary N) is 6. The van der Waals surface area contributed by atoms with Crippen molar-refractivity contribution in [1.29, 1.82) is 0 Å². The van der Waals surface area contributed by atoms with E-state index in [1.807, 2.05) is 161 Å². The number of halogens is 5. The molecule has 3 atom stereocenters. The lowest BCUT2D eigenvalue weighted by atomic mass is 9.95. The van der Waals surface area contributed by atoms with Crippen LogP contribution in [0.15, 0.2) is 239 Å². The fourth-order valence-electron chi connectivity index (χ4n) is 12.2. The number of ether oxygens (including phenoxy) is 1. The molecular weight excluding hydrogens is 1490 g/mol. The first-order valence-corrected chi connectivity index (χ1v) is 38.1. The number of rotatable bonds is 24. The van der Waals surface area contributed by atoms with Crippen LogP contribution in [0.1, 0.15) is 136 Å². The number of allylic oxidation sites excluding steroid dienone is 1. The molecular formula is C86H87BrCl4N12O4. The van der Waals surface area contributed by atoms with E-state index < -0.39 is 0 Å². The van der Waals surface area contributed by atoms with Gasteiger partial charge in [0, 0.05) is 89.0 Å². The summed E-state index contributed by atoms with van der Waals surface area (Å²) in [5.74, 6) is 3.04. The van der Waals surface area contributed by atoms with Gasteiger partial charge < -0.3 is 30.6 Å². The van der Waals surface area contributed by atoms with Gasteiger partial charge in [-0.3, -0.25) is 24.4 Å². The van der Waals surface area contributed by atoms with Crippen molar-refractivity contribution >= 4 is 115 Å². The van der Waals surface area contributed by atoms with Crippen molar-refractivity contribution < 1.29 is 4.74 Å². The summed E-state index contributed by atoms with van der Waals surface area (Å²) in [5, 5.41) is 15.6. The highest BCUT2D eigenvalue weighted by atomic mass is 79.9. The van der Waals surface area contributed by atoms with Crippen LogP contribution in [0.25, 0.3) is 6.08 Å². The molecule has 6 N–H and O–H groups in total. The Kier molecular flexibility index (Phi) is 29.7. The molecule has 8 aromatic carbocycles. The van der Waals surface area contributed by atoms with E-state index in [4.69, 9.17) is 51.1 Å². The summed E-state index contributed by atoms with van der Waals surface area (Å²) in [6.07, 6.45) is 14.3. The molecule has 4 aromatic heterocycles. The van der Waals surface area contributed by atoms with E-state index in [0.29, 0.717) is 66.9 Å². The molecule has 0 saturated carbocycles. The Bertz CT molecular complexity index is 5110. The molecule has 3 unspecified atom stereocenters. The molecule has 5 heterocycles. The fraction of sp³-hybridized carbons (Fsp3) is 0.233. The van der Waals surface area contributed by atoms with Crippen LogP contribution < -0.4 is 42.7 Å². The second kappa shape index (κ2) is 40.0. The fourth-order valence-corrected chi connectivity index (χ4v) is 13.6. The van der Waals surface area contributed by atoms with Gasteiger partial charge in [-0.2, -0.15) is 9.97 Å². The van der Waals surface area contributed by atoms with Gasteiger partial charge in [-0.25, -0.2) is 15.0 Å². The predicted molar refractivity (Wildman–Crippen MR) is 445 cm³/mol. The Morgan fingerprint density at radius 1 is 0.523 bits per heavy atom. The largest absolute Gasteiger partial charge is 0.481 e. The number of benzene rings is 8. The van der Waals surface area contributed by atoms with Crippen LogP contribution in [0, 0.1) is 27.7 Å². The minimum atomic E-state index is -0.216. The number of fused-ring (bicyclic) bond motifs is 1. The van der Waals surface area contributed by atoms with Crippen LogP contribution in [-0.2, 0) is 25.7 Å². The first-order chi connectivity index (χ1) is 51.8. The zero-order valence-electron chi connectivity index (χ0n) is 60.7. The van der Waals surface area contributed by atoms with Crippen LogP contribution in [0.4, 0.5) is 46.5 Å². The summed E-state index contributed by atoms with van der Waals surface area (Å²) in [4.78, 5) is 64.3. The number of aromatic amines is 2. The summed E-state index contributed by atoms with van der Waals surface area (Å²) >= 11 is 28.5. The predicted octanol–water partition coefficient (Wildman–Crippen LogP) is 22.2. The SMILES string of the molecule is COc1cc(CCCC(C)c2ccccc2)nc(Nc2cccc(Cl)c2C)n1.Cc1c(Cl)cccc1Nc1nc(=O)cc2n1C(c1ccccc1)CCC2.Cc1c(Cl)cccc1Nc1nc(CCC=Cc2ccccc2)cc(=O)[nH]1.Cc1c(Cl)cccc1Nc1nc(CCCC(Br)c2ccccc2)cc(=O)[nH]1. The van der Waals surface area contributed by atoms with Crippen molar-refractivity contribution in [3.8, 4) is 5.88 Å². The van der Waals surface area contributed by atoms with Gasteiger partial charge in [0.05, 0.1) is 18.8 Å². The number of aromatic nitrogens is 8. The van der Waals surface area contributed by atoms with E-state index in [1.165, 1.54) is 22.8 Å². The molecule has 0 spiro atoms. The number of nitrogens with zero attached hydrogens (tertiary/aromatic N) is 6. The van der Waals surface area contributed by atoms with E-state index in [2.05, 4.69) is 162 Å². The zero-order chi connectivity index (χ0) is 75.6. The van der Waals surface area contributed by atoms with Crippen molar-refractivity contribution in [3.05, 3.63) is 343 Å². The van der Waals surface area contributed by atoms with E-state index in [-0.39, 0.29) is 22.7 Å². The first kappa shape index (κ1) is 79.4. The number of alkyl halides is 1. The first-order valence-electron chi connectivity index (χ1n) is 35.7. The van der Waals surface area contributed by atoms with Gasteiger partial charge in [0.2, 0.25) is 29.7 Å². The van der Waals surface area contributed by atoms with Crippen LogP contribution >= 0.6 is 62.3 Å². The standard InChI is InChI=1S/C23H26ClN3O.C21H21BrClN3O.2C21H20ClN3O/c1-16(18-10-5-4-6-11-18)9-7-12-19-15-22(28-3)27-23(25-19)26-21-14-8-13-20(24)17(21)2;1-14-18(23)11-6-12-19(14)25-21-24-16(13-20(27)26-21)9-5-10-17(22)15-7-3-2-4-8-15;1-14-17(22)10-6-11-18(14)23-21-24-20(26)13-16-9-5-12-19(25(16)21)15-7-3-2-4-8-15;1-15-18(22)12-7-13-19(15)24-21-23-17(14-20(26)25-21)11-6-5-10-16-8-3-2-4-9-16/h4-6,8,10-11,13-16H,7,9,12H2,1-3H3,(H,25,26,27);2-4,6-8,11-13,17H,5,9-10H2,1H3,(H2,24,25,26,27);2-4,6-8,10-11,13,19H,5,9,12H2,1H3,(H,23,24,26);2-5,7-10,12-14H,6,11H2,1H3,(H2,23,24,25,26). The lowest BCUT2D eigenvalue weighted by molar-refractivity contribution is 0.396. The van der Waals surface area contributed by atoms with Crippen LogP contribution in [0.3, 0.4) is 0 Å². The molecule has 107 heavy (non-hydrogen) atoms. The Labute approximate surface area is 653 Å². The molecule has 12 aromatic rings. The highest BCUT2D eigenvalue weighted by molar-refractivity contribution is 9.09. The Morgan fingerprint density at radius 3 is 1.52 bits per heavy atom. The van der Waals surface area contributed by atoms with E-state index in [1.54, 1.807) is 19.2 Å². The molecule has 21 heteroatoms. The quantitative estimate of drug-likeness (QED) is 0.0312. The maximum Gasteiger partial charge on any atom is 0.274 e.